The second-order valence-electron chi connectivity index (χ2n) is 8.05. The number of aromatic nitrogens is 1. The lowest BCUT2D eigenvalue weighted by atomic mass is 9.98. The second-order valence-corrected chi connectivity index (χ2v) is 8.05. The van der Waals surface area contributed by atoms with Crippen molar-refractivity contribution in [2.75, 3.05) is 44.2 Å². The van der Waals surface area contributed by atoms with E-state index in [4.69, 9.17) is 0 Å². The lowest BCUT2D eigenvalue weighted by Crippen LogP contribution is -2.48. The molecular formula is C23H28N4O2. The smallest absolute Gasteiger partial charge is 0.255 e. The number of carbonyl (C=O) groups excluding carboxylic acids is 2. The number of piperazine rings is 1. The highest BCUT2D eigenvalue weighted by Crippen LogP contribution is 2.20. The Morgan fingerprint density at radius 2 is 1.38 bits per heavy atom. The van der Waals surface area contributed by atoms with Gasteiger partial charge in [-0.2, -0.15) is 0 Å². The fourth-order valence-electron chi connectivity index (χ4n) is 4.06. The van der Waals surface area contributed by atoms with Crippen molar-refractivity contribution in [3.63, 3.8) is 0 Å². The Bertz CT molecular complexity index is 854. The van der Waals surface area contributed by atoms with Crippen molar-refractivity contribution in [2.45, 2.75) is 19.8 Å². The molecular weight excluding hydrogens is 364 g/mol. The van der Waals surface area contributed by atoms with Gasteiger partial charge in [-0.3, -0.25) is 14.6 Å². The minimum absolute atomic E-state index is 0.0204. The summed E-state index contributed by atoms with van der Waals surface area (Å²) in [7, 11) is 0. The summed E-state index contributed by atoms with van der Waals surface area (Å²) in [6, 6.07) is 12.0. The van der Waals surface area contributed by atoms with E-state index in [0.29, 0.717) is 30.1 Å². The number of benzene rings is 1. The van der Waals surface area contributed by atoms with Crippen LogP contribution in [-0.2, 0) is 0 Å². The summed E-state index contributed by atoms with van der Waals surface area (Å²) in [5, 5.41) is 0. The highest BCUT2D eigenvalue weighted by molar-refractivity contribution is 5.99. The highest BCUT2D eigenvalue weighted by Gasteiger charge is 2.25. The van der Waals surface area contributed by atoms with Gasteiger partial charge in [-0.05, 0) is 37.0 Å². The van der Waals surface area contributed by atoms with Gasteiger partial charge in [0.25, 0.3) is 11.8 Å². The largest absolute Gasteiger partial charge is 0.368 e. The number of likely N-dealkylation sites (tertiary alicyclic amines) is 1. The minimum Gasteiger partial charge on any atom is -0.368 e. The SMILES string of the molecule is CC1CCN(C(=O)c2cncc(C(=O)N3CCN(c4ccccc4)CC3)c2)CC1. The van der Waals surface area contributed by atoms with E-state index in [2.05, 4.69) is 28.9 Å². The topological polar surface area (TPSA) is 56.8 Å². The quantitative estimate of drug-likeness (QED) is 0.806. The van der Waals surface area contributed by atoms with Crippen molar-refractivity contribution in [1.82, 2.24) is 14.8 Å². The van der Waals surface area contributed by atoms with E-state index in [-0.39, 0.29) is 11.8 Å². The van der Waals surface area contributed by atoms with Gasteiger partial charge >= 0.3 is 0 Å². The number of hydrogen-bond donors (Lipinski definition) is 0. The molecule has 2 saturated heterocycles. The molecule has 4 rings (SSSR count). The van der Waals surface area contributed by atoms with Crippen LogP contribution in [0.3, 0.4) is 0 Å². The van der Waals surface area contributed by atoms with Crippen molar-refractivity contribution in [3.8, 4) is 0 Å². The van der Waals surface area contributed by atoms with E-state index < -0.39 is 0 Å². The van der Waals surface area contributed by atoms with Crippen LogP contribution in [0.4, 0.5) is 5.69 Å². The zero-order chi connectivity index (χ0) is 20.2. The molecule has 0 unspecified atom stereocenters. The van der Waals surface area contributed by atoms with Crippen LogP contribution in [-0.4, -0.2) is 65.9 Å². The van der Waals surface area contributed by atoms with E-state index in [1.165, 1.54) is 5.69 Å². The van der Waals surface area contributed by atoms with Crippen LogP contribution < -0.4 is 4.90 Å². The first-order chi connectivity index (χ1) is 14.1. The number of pyridine rings is 1. The normalized spacial score (nSPS) is 18.0. The van der Waals surface area contributed by atoms with Crippen LogP contribution in [0.2, 0.25) is 0 Å². The van der Waals surface area contributed by atoms with Gasteiger partial charge in [0.2, 0.25) is 0 Å². The summed E-state index contributed by atoms with van der Waals surface area (Å²) in [6.45, 7) is 6.70. The molecule has 0 atom stereocenters. The van der Waals surface area contributed by atoms with Gasteiger partial charge in [0.15, 0.2) is 0 Å². The fourth-order valence-corrected chi connectivity index (χ4v) is 4.06. The number of amides is 2. The monoisotopic (exact) mass is 392 g/mol. The van der Waals surface area contributed by atoms with Crippen LogP contribution in [0.1, 0.15) is 40.5 Å². The number of para-hydroxylation sites is 1. The standard InChI is InChI=1S/C23H28N4O2/c1-18-7-9-26(10-8-18)22(28)19-15-20(17-24-16-19)23(29)27-13-11-25(12-14-27)21-5-3-2-4-6-21/h2-6,15-18H,7-14H2,1H3. The van der Waals surface area contributed by atoms with Gasteiger partial charge < -0.3 is 14.7 Å². The Morgan fingerprint density at radius 3 is 1.97 bits per heavy atom. The molecule has 0 N–H and O–H groups in total. The predicted octanol–water partition coefficient (Wildman–Crippen LogP) is 2.92. The molecule has 0 bridgehead atoms. The minimum atomic E-state index is -0.0490. The number of piperidine rings is 1. The van der Waals surface area contributed by atoms with Crippen molar-refractivity contribution in [1.29, 1.82) is 0 Å². The third-order valence-electron chi connectivity index (χ3n) is 5.99. The van der Waals surface area contributed by atoms with Crippen LogP contribution in [0.5, 0.6) is 0 Å². The van der Waals surface area contributed by atoms with Gasteiger partial charge in [-0.15, -0.1) is 0 Å². The number of anilines is 1. The summed E-state index contributed by atoms with van der Waals surface area (Å²) in [5.41, 5.74) is 2.19. The zero-order valence-corrected chi connectivity index (χ0v) is 17.0. The van der Waals surface area contributed by atoms with E-state index in [1.807, 2.05) is 28.0 Å². The molecule has 6 nitrogen and oxygen atoms in total. The Kier molecular flexibility index (Phi) is 5.79. The average Bonchev–Trinajstić information content (AvgIpc) is 2.79. The van der Waals surface area contributed by atoms with Crippen LogP contribution >= 0.6 is 0 Å². The van der Waals surface area contributed by atoms with Crippen LogP contribution in [0.15, 0.2) is 48.8 Å². The Morgan fingerprint density at radius 1 is 0.828 bits per heavy atom. The van der Waals surface area contributed by atoms with Gasteiger partial charge in [0.1, 0.15) is 0 Å². The molecule has 6 heteroatoms. The van der Waals surface area contributed by atoms with Crippen molar-refractivity contribution in [3.05, 3.63) is 59.9 Å². The van der Waals surface area contributed by atoms with Crippen molar-refractivity contribution in [2.24, 2.45) is 5.92 Å². The summed E-state index contributed by atoms with van der Waals surface area (Å²) in [5.74, 6) is 0.597. The maximum absolute atomic E-state index is 13.0. The first-order valence-electron chi connectivity index (χ1n) is 10.5. The first kappa shape index (κ1) is 19.4. The van der Waals surface area contributed by atoms with E-state index in [1.54, 1.807) is 18.5 Å². The molecule has 2 aliphatic rings. The molecule has 0 radical (unpaired) electrons. The van der Waals surface area contributed by atoms with E-state index in [0.717, 1.165) is 39.0 Å². The Labute approximate surface area is 172 Å². The third-order valence-corrected chi connectivity index (χ3v) is 5.99. The molecule has 2 amide bonds. The van der Waals surface area contributed by atoms with E-state index in [9.17, 15) is 9.59 Å². The highest BCUT2D eigenvalue weighted by atomic mass is 16.2. The van der Waals surface area contributed by atoms with Crippen LogP contribution in [0, 0.1) is 5.92 Å². The lowest BCUT2D eigenvalue weighted by molar-refractivity contribution is 0.0696. The molecule has 1 aromatic carbocycles. The maximum Gasteiger partial charge on any atom is 0.255 e. The molecule has 152 valence electrons. The molecule has 29 heavy (non-hydrogen) atoms. The molecule has 0 spiro atoms. The Balaban J connectivity index is 1.39. The van der Waals surface area contributed by atoms with E-state index >= 15 is 0 Å². The van der Waals surface area contributed by atoms with Crippen LogP contribution in [0.25, 0.3) is 0 Å². The lowest BCUT2D eigenvalue weighted by Gasteiger charge is -2.36. The van der Waals surface area contributed by atoms with Crippen molar-refractivity contribution >= 4 is 17.5 Å². The summed E-state index contributed by atoms with van der Waals surface area (Å²) >= 11 is 0. The Hall–Kier alpha value is -2.89. The molecule has 2 aliphatic heterocycles. The summed E-state index contributed by atoms with van der Waals surface area (Å²) < 4.78 is 0. The molecule has 2 aromatic rings. The van der Waals surface area contributed by atoms with Gasteiger partial charge in [0.05, 0.1) is 11.1 Å². The fraction of sp³-hybridized carbons (Fsp3) is 0.435. The first-order valence-corrected chi connectivity index (χ1v) is 10.5. The number of hydrogen-bond acceptors (Lipinski definition) is 4. The van der Waals surface area contributed by atoms with Gasteiger partial charge in [-0.25, -0.2) is 0 Å². The average molecular weight is 393 g/mol. The predicted molar refractivity (Wildman–Crippen MR) is 113 cm³/mol. The second kappa shape index (κ2) is 8.64. The summed E-state index contributed by atoms with van der Waals surface area (Å²) in [6.07, 6.45) is 5.21. The molecule has 0 aliphatic carbocycles. The molecule has 2 fully saturated rings. The summed E-state index contributed by atoms with van der Waals surface area (Å²) in [4.78, 5) is 36.0. The zero-order valence-electron chi connectivity index (χ0n) is 17.0. The molecule has 0 saturated carbocycles. The van der Waals surface area contributed by atoms with Gasteiger partial charge in [-0.1, -0.05) is 25.1 Å². The number of rotatable bonds is 3. The van der Waals surface area contributed by atoms with Crippen molar-refractivity contribution < 1.29 is 9.59 Å². The number of carbonyl (C=O) groups is 2. The third kappa shape index (κ3) is 4.42. The number of nitrogens with zero attached hydrogens (tertiary/aromatic N) is 4. The maximum atomic E-state index is 13.0. The molecule has 1 aromatic heterocycles. The molecule has 3 heterocycles. The van der Waals surface area contributed by atoms with Gasteiger partial charge in [0, 0.05) is 57.3 Å².